The molecule has 0 radical (unpaired) electrons. The second-order valence-electron chi connectivity index (χ2n) is 6.13. The summed E-state index contributed by atoms with van der Waals surface area (Å²) in [6, 6.07) is 4.17. The zero-order valence-electron chi connectivity index (χ0n) is 12.4. The first-order valence-electron chi connectivity index (χ1n) is 7.53. The summed E-state index contributed by atoms with van der Waals surface area (Å²) in [6.45, 7) is 7.19. The summed E-state index contributed by atoms with van der Waals surface area (Å²) in [6.07, 6.45) is 2.26. The number of rotatable bonds is 4. The highest BCUT2D eigenvalue weighted by atomic mass is 79.9. The van der Waals surface area contributed by atoms with Gasteiger partial charge in [-0.15, -0.1) is 0 Å². The van der Waals surface area contributed by atoms with Crippen LogP contribution in [0.15, 0.2) is 16.6 Å². The Labute approximate surface area is 134 Å². The Kier molecular flexibility index (Phi) is 4.72. The molecule has 2 aliphatic heterocycles. The Hall–Kier alpha value is -0.780. The van der Waals surface area contributed by atoms with Crippen LogP contribution in [0, 0.1) is 5.41 Å². The molecule has 116 valence electrons. The van der Waals surface area contributed by atoms with Crippen molar-refractivity contribution in [3.05, 3.63) is 22.2 Å². The van der Waals surface area contributed by atoms with Crippen LogP contribution in [0.5, 0.6) is 11.5 Å². The van der Waals surface area contributed by atoms with E-state index in [9.17, 15) is 0 Å². The molecule has 0 aromatic heterocycles. The van der Waals surface area contributed by atoms with Crippen molar-refractivity contribution in [1.29, 1.82) is 0 Å². The summed E-state index contributed by atoms with van der Waals surface area (Å²) in [7, 11) is 0. The van der Waals surface area contributed by atoms with Gasteiger partial charge in [-0.1, -0.05) is 6.92 Å². The maximum atomic E-state index is 5.66. The van der Waals surface area contributed by atoms with Crippen molar-refractivity contribution >= 4 is 15.9 Å². The molecule has 1 fully saturated rings. The molecule has 2 heterocycles. The van der Waals surface area contributed by atoms with Gasteiger partial charge in [0, 0.05) is 26.3 Å². The molecule has 1 N–H and O–H groups in total. The number of nitrogens with one attached hydrogen (secondary N) is 1. The van der Waals surface area contributed by atoms with E-state index in [0.717, 1.165) is 55.1 Å². The van der Waals surface area contributed by atoms with Crippen LogP contribution in [0.3, 0.4) is 0 Å². The molecule has 0 unspecified atom stereocenters. The lowest BCUT2D eigenvalue weighted by atomic mass is 9.82. The number of halogens is 1. The van der Waals surface area contributed by atoms with Crippen molar-refractivity contribution in [2.45, 2.75) is 26.3 Å². The molecule has 1 aromatic rings. The fourth-order valence-corrected chi connectivity index (χ4v) is 3.42. The highest BCUT2D eigenvalue weighted by Crippen LogP contribution is 2.38. The van der Waals surface area contributed by atoms with E-state index in [4.69, 9.17) is 14.2 Å². The van der Waals surface area contributed by atoms with Gasteiger partial charge in [0.2, 0.25) is 0 Å². The summed E-state index contributed by atoms with van der Waals surface area (Å²) < 4.78 is 17.7. The summed E-state index contributed by atoms with van der Waals surface area (Å²) in [5.41, 5.74) is 1.56. The van der Waals surface area contributed by atoms with Crippen molar-refractivity contribution in [2.24, 2.45) is 5.41 Å². The van der Waals surface area contributed by atoms with Crippen molar-refractivity contribution in [2.75, 3.05) is 33.0 Å². The van der Waals surface area contributed by atoms with E-state index >= 15 is 0 Å². The second-order valence-corrected chi connectivity index (χ2v) is 6.98. The first kappa shape index (κ1) is 15.1. The van der Waals surface area contributed by atoms with Gasteiger partial charge >= 0.3 is 0 Å². The van der Waals surface area contributed by atoms with E-state index in [-0.39, 0.29) is 0 Å². The van der Waals surface area contributed by atoms with Crippen molar-refractivity contribution in [1.82, 2.24) is 5.32 Å². The fourth-order valence-electron chi connectivity index (χ4n) is 2.82. The molecule has 1 saturated heterocycles. The third-order valence-corrected chi connectivity index (χ3v) is 4.83. The normalized spacial score (nSPS) is 20.3. The van der Waals surface area contributed by atoms with Gasteiger partial charge in [0.25, 0.3) is 0 Å². The number of fused-ring (bicyclic) bond motifs is 1. The lowest BCUT2D eigenvalue weighted by Crippen LogP contribution is -2.36. The fraction of sp³-hybridized carbons (Fsp3) is 0.625. The molecule has 4 nitrogen and oxygen atoms in total. The van der Waals surface area contributed by atoms with Crippen LogP contribution >= 0.6 is 15.9 Å². The highest BCUT2D eigenvalue weighted by Gasteiger charge is 2.26. The highest BCUT2D eigenvalue weighted by molar-refractivity contribution is 9.10. The predicted molar refractivity (Wildman–Crippen MR) is 85.0 cm³/mol. The molecule has 5 heteroatoms. The lowest BCUT2D eigenvalue weighted by molar-refractivity contribution is 0.0240. The first-order chi connectivity index (χ1) is 10.2. The molecule has 0 saturated carbocycles. The monoisotopic (exact) mass is 355 g/mol. The predicted octanol–water partition coefficient (Wildman–Crippen LogP) is 3.13. The van der Waals surface area contributed by atoms with E-state index < -0.39 is 0 Å². The largest absolute Gasteiger partial charge is 0.486 e. The molecule has 0 amide bonds. The second kappa shape index (κ2) is 6.55. The smallest absolute Gasteiger partial charge is 0.175 e. The topological polar surface area (TPSA) is 39.7 Å². The molecule has 1 aromatic carbocycles. The minimum absolute atomic E-state index is 0.350. The Balaban J connectivity index is 1.59. The van der Waals surface area contributed by atoms with E-state index in [1.807, 2.05) is 0 Å². The number of benzene rings is 1. The Morgan fingerprint density at radius 2 is 1.90 bits per heavy atom. The SMILES string of the molecule is CC1(CNCc2cc(Br)c3c(c2)OCCO3)CCOCC1. The van der Waals surface area contributed by atoms with E-state index in [0.29, 0.717) is 18.6 Å². The van der Waals surface area contributed by atoms with Gasteiger partial charge in [0.1, 0.15) is 13.2 Å². The van der Waals surface area contributed by atoms with Gasteiger partial charge in [-0.25, -0.2) is 0 Å². The molecule has 3 rings (SSSR count). The Morgan fingerprint density at radius 1 is 1.14 bits per heavy atom. The van der Waals surface area contributed by atoms with Crippen LogP contribution in [-0.2, 0) is 11.3 Å². The molecule has 0 atom stereocenters. The number of hydrogen-bond acceptors (Lipinski definition) is 4. The molecule has 2 aliphatic rings. The van der Waals surface area contributed by atoms with Crippen LogP contribution in [0.25, 0.3) is 0 Å². The molecule has 0 spiro atoms. The third-order valence-electron chi connectivity index (χ3n) is 4.24. The van der Waals surface area contributed by atoms with Crippen LogP contribution in [0.2, 0.25) is 0 Å². The summed E-state index contributed by atoms with van der Waals surface area (Å²) in [5, 5.41) is 3.57. The summed E-state index contributed by atoms with van der Waals surface area (Å²) >= 11 is 3.56. The minimum atomic E-state index is 0.350. The zero-order chi connectivity index (χ0) is 14.7. The van der Waals surface area contributed by atoms with Gasteiger partial charge in [-0.05, 0) is 51.9 Å². The Bertz CT molecular complexity index is 501. The van der Waals surface area contributed by atoms with E-state index in [2.05, 4.69) is 40.3 Å². The van der Waals surface area contributed by atoms with Crippen molar-refractivity contribution in [3.63, 3.8) is 0 Å². The van der Waals surface area contributed by atoms with Crippen LogP contribution in [0.4, 0.5) is 0 Å². The number of ether oxygens (including phenoxy) is 3. The molecule has 0 aliphatic carbocycles. The zero-order valence-corrected chi connectivity index (χ0v) is 14.0. The van der Waals surface area contributed by atoms with Crippen LogP contribution in [-0.4, -0.2) is 33.0 Å². The van der Waals surface area contributed by atoms with Crippen molar-refractivity contribution < 1.29 is 14.2 Å². The average molecular weight is 356 g/mol. The maximum absolute atomic E-state index is 5.66. The molecule has 0 bridgehead atoms. The summed E-state index contributed by atoms with van der Waals surface area (Å²) in [4.78, 5) is 0. The Morgan fingerprint density at radius 3 is 2.71 bits per heavy atom. The third kappa shape index (κ3) is 3.71. The van der Waals surface area contributed by atoms with Gasteiger partial charge < -0.3 is 19.5 Å². The maximum Gasteiger partial charge on any atom is 0.175 e. The van der Waals surface area contributed by atoms with Gasteiger partial charge in [-0.2, -0.15) is 0 Å². The van der Waals surface area contributed by atoms with Crippen LogP contribution in [0.1, 0.15) is 25.3 Å². The lowest BCUT2D eigenvalue weighted by Gasteiger charge is -2.33. The minimum Gasteiger partial charge on any atom is -0.486 e. The van der Waals surface area contributed by atoms with E-state index in [1.165, 1.54) is 5.56 Å². The first-order valence-corrected chi connectivity index (χ1v) is 8.32. The molecular weight excluding hydrogens is 334 g/mol. The van der Waals surface area contributed by atoms with Crippen molar-refractivity contribution in [3.8, 4) is 11.5 Å². The van der Waals surface area contributed by atoms with Gasteiger partial charge in [-0.3, -0.25) is 0 Å². The van der Waals surface area contributed by atoms with Gasteiger partial charge in [0.05, 0.1) is 4.47 Å². The van der Waals surface area contributed by atoms with Gasteiger partial charge in [0.15, 0.2) is 11.5 Å². The molecular formula is C16H22BrNO3. The van der Waals surface area contributed by atoms with Crippen LogP contribution < -0.4 is 14.8 Å². The average Bonchev–Trinajstić information content (AvgIpc) is 2.48. The molecule has 21 heavy (non-hydrogen) atoms. The quantitative estimate of drug-likeness (QED) is 0.900. The standard InChI is InChI=1S/C16H22BrNO3/c1-16(2-4-19-5-3-16)11-18-10-12-8-13(17)15-14(9-12)20-6-7-21-15/h8-9,18H,2-7,10-11H2,1H3. The van der Waals surface area contributed by atoms with E-state index in [1.54, 1.807) is 0 Å². The summed E-state index contributed by atoms with van der Waals surface area (Å²) in [5.74, 6) is 1.66. The number of hydrogen-bond donors (Lipinski definition) is 1.